The predicted octanol–water partition coefficient (Wildman–Crippen LogP) is 2.16. The molecule has 1 rings (SSSR count). The van der Waals surface area contributed by atoms with E-state index in [9.17, 15) is 9.59 Å². The maximum atomic E-state index is 11.6. The second-order valence-corrected chi connectivity index (χ2v) is 5.32. The second kappa shape index (κ2) is 5.82. The van der Waals surface area contributed by atoms with Gasteiger partial charge in [-0.1, -0.05) is 12.8 Å². The van der Waals surface area contributed by atoms with Crippen molar-refractivity contribution in [1.82, 2.24) is 5.32 Å². The van der Waals surface area contributed by atoms with Crippen LogP contribution in [-0.2, 0) is 9.53 Å². The van der Waals surface area contributed by atoms with E-state index >= 15 is 0 Å². The van der Waals surface area contributed by atoms with Crippen molar-refractivity contribution in [3.8, 4) is 0 Å². The van der Waals surface area contributed by atoms with Crippen molar-refractivity contribution in [2.24, 2.45) is 4.99 Å². The molecule has 0 unspecified atom stereocenters. The van der Waals surface area contributed by atoms with Gasteiger partial charge in [0.15, 0.2) is 0 Å². The minimum absolute atomic E-state index is 0.111. The molecule has 0 radical (unpaired) electrons. The lowest BCUT2D eigenvalue weighted by Gasteiger charge is -2.29. The molecule has 0 aromatic carbocycles. The minimum atomic E-state index is -0.512. The average Bonchev–Trinajstić information content (AvgIpc) is 2.18. The summed E-state index contributed by atoms with van der Waals surface area (Å²) in [7, 11) is 0. The molecule has 1 N–H and O–H groups in total. The molecule has 0 saturated heterocycles. The molecule has 0 heterocycles. The predicted molar refractivity (Wildman–Crippen MR) is 63.5 cm³/mol. The highest BCUT2D eigenvalue weighted by Crippen LogP contribution is 2.21. The summed E-state index contributed by atoms with van der Waals surface area (Å²) < 4.78 is 5.18. The van der Waals surface area contributed by atoms with Gasteiger partial charge in [-0.3, -0.25) is 0 Å². The highest BCUT2D eigenvalue weighted by molar-refractivity contribution is 5.68. The average molecular weight is 240 g/mol. The first-order valence-corrected chi connectivity index (χ1v) is 5.99. The van der Waals surface area contributed by atoms with Crippen LogP contribution >= 0.6 is 0 Å². The van der Waals surface area contributed by atoms with Crippen LogP contribution in [-0.4, -0.2) is 29.9 Å². The molecule has 1 aliphatic rings. The van der Waals surface area contributed by atoms with E-state index in [4.69, 9.17) is 4.74 Å². The number of carbonyl (C=O) groups is 1. The molecule has 2 atom stereocenters. The molecule has 0 spiro atoms. The number of hydrogen-bond acceptors (Lipinski definition) is 4. The van der Waals surface area contributed by atoms with Gasteiger partial charge in [-0.05, 0) is 33.6 Å². The van der Waals surface area contributed by atoms with Gasteiger partial charge < -0.3 is 10.1 Å². The molecule has 5 heteroatoms. The number of isocyanates is 1. The quantitative estimate of drug-likeness (QED) is 0.594. The monoisotopic (exact) mass is 240 g/mol. The molecule has 1 fully saturated rings. The number of alkyl carbamates (subject to hydrolysis) is 1. The van der Waals surface area contributed by atoms with Crippen LogP contribution in [0.3, 0.4) is 0 Å². The van der Waals surface area contributed by atoms with Crippen LogP contribution < -0.4 is 5.32 Å². The standard InChI is InChI=1S/C12H20N2O3/c1-12(2,3)17-11(16)14-10-7-5-4-6-9(10)13-8-15/h9-10H,4-7H2,1-3H3,(H,14,16)/t9-,10+/m1/s1. The zero-order valence-corrected chi connectivity index (χ0v) is 10.7. The fraction of sp³-hybridized carbons (Fsp3) is 0.833. The molecular formula is C12H20N2O3. The fourth-order valence-corrected chi connectivity index (χ4v) is 1.96. The number of nitrogens with zero attached hydrogens (tertiary/aromatic N) is 1. The summed E-state index contributed by atoms with van der Waals surface area (Å²) in [5, 5.41) is 2.78. The zero-order chi connectivity index (χ0) is 12.9. The summed E-state index contributed by atoms with van der Waals surface area (Å²) in [6, 6.07) is -0.270. The molecular weight excluding hydrogens is 220 g/mol. The Labute approximate surface area is 102 Å². The van der Waals surface area contributed by atoms with Crippen molar-refractivity contribution in [3.63, 3.8) is 0 Å². The lowest BCUT2D eigenvalue weighted by atomic mass is 9.91. The maximum Gasteiger partial charge on any atom is 0.407 e. The van der Waals surface area contributed by atoms with Crippen LogP contribution in [0.4, 0.5) is 4.79 Å². The van der Waals surface area contributed by atoms with Crippen LogP contribution in [0.1, 0.15) is 46.5 Å². The van der Waals surface area contributed by atoms with E-state index in [1.807, 2.05) is 20.8 Å². The smallest absolute Gasteiger partial charge is 0.407 e. The van der Waals surface area contributed by atoms with Gasteiger partial charge in [-0.2, -0.15) is 0 Å². The van der Waals surface area contributed by atoms with E-state index in [0.29, 0.717) is 0 Å². The van der Waals surface area contributed by atoms with Crippen molar-refractivity contribution in [3.05, 3.63) is 0 Å². The SMILES string of the molecule is CC(C)(C)OC(=O)N[C@H]1CCCC[C@H]1N=C=O. The summed E-state index contributed by atoms with van der Waals surface area (Å²) in [6.45, 7) is 5.44. The number of ether oxygens (including phenoxy) is 1. The Balaban J connectivity index is 2.53. The molecule has 0 aliphatic heterocycles. The fourth-order valence-electron chi connectivity index (χ4n) is 1.96. The van der Waals surface area contributed by atoms with Crippen LogP contribution in [0.2, 0.25) is 0 Å². The molecule has 0 aromatic rings. The number of nitrogens with one attached hydrogen (secondary N) is 1. The van der Waals surface area contributed by atoms with Crippen molar-refractivity contribution in [1.29, 1.82) is 0 Å². The highest BCUT2D eigenvalue weighted by atomic mass is 16.6. The number of rotatable bonds is 2. The third kappa shape index (κ3) is 5.00. The van der Waals surface area contributed by atoms with Crippen molar-refractivity contribution in [2.45, 2.75) is 64.1 Å². The normalized spacial score (nSPS) is 24.6. The second-order valence-electron chi connectivity index (χ2n) is 5.32. The summed E-state index contributed by atoms with van der Waals surface area (Å²) in [5.74, 6) is 0. The van der Waals surface area contributed by atoms with E-state index in [1.54, 1.807) is 6.08 Å². The Morgan fingerprint density at radius 3 is 2.59 bits per heavy atom. The first-order valence-electron chi connectivity index (χ1n) is 5.99. The van der Waals surface area contributed by atoms with Gasteiger partial charge in [-0.25, -0.2) is 14.6 Å². The van der Waals surface area contributed by atoms with Crippen LogP contribution in [0.5, 0.6) is 0 Å². The Morgan fingerprint density at radius 1 is 1.35 bits per heavy atom. The third-order valence-corrected chi connectivity index (χ3v) is 2.65. The van der Waals surface area contributed by atoms with Gasteiger partial charge in [0, 0.05) is 0 Å². The van der Waals surface area contributed by atoms with E-state index in [1.165, 1.54) is 0 Å². The van der Waals surface area contributed by atoms with Crippen molar-refractivity contribution >= 4 is 12.2 Å². The minimum Gasteiger partial charge on any atom is -0.444 e. The first-order chi connectivity index (χ1) is 7.92. The van der Waals surface area contributed by atoms with E-state index in [0.717, 1.165) is 25.7 Å². The van der Waals surface area contributed by atoms with Gasteiger partial charge in [-0.15, -0.1) is 0 Å². The zero-order valence-electron chi connectivity index (χ0n) is 10.7. The maximum absolute atomic E-state index is 11.6. The highest BCUT2D eigenvalue weighted by Gasteiger charge is 2.28. The Kier molecular flexibility index (Phi) is 4.70. The van der Waals surface area contributed by atoms with Crippen LogP contribution in [0.15, 0.2) is 4.99 Å². The summed E-state index contributed by atoms with van der Waals surface area (Å²) in [6.07, 6.45) is 4.83. The summed E-state index contributed by atoms with van der Waals surface area (Å²) >= 11 is 0. The van der Waals surface area contributed by atoms with Gasteiger partial charge in [0.25, 0.3) is 0 Å². The third-order valence-electron chi connectivity index (χ3n) is 2.65. The van der Waals surface area contributed by atoms with Crippen molar-refractivity contribution in [2.75, 3.05) is 0 Å². The number of carbonyl (C=O) groups excluding carboxylic acids is 2. The largest absolute Gasteiger partial charge is 0.444 e. The van der Waals surface area contributed by atoms with Crippen LogP contribution in [0, 0.1) is 0 Å². The van der Waals surface area contributed by atoms with Gasteiger partial charge in [0.2, 0.25) is 6.08 Å². The lowest BCUT2D eigenvalue weighted by Crippen LogP contribution is -2.46. The van der Waals surface area contributed by atoms with Gasteiger partial charge >= 0.3 is 6.09 Å². The van der Waals surface area contributed by atoms with Gasteiger partial charge in [0.05, 0.1) is 12.1 Å². The Bertz CT molecular complexity index is 316. The molecule has 1 aliphatic carbocycles. The lowest BCUT2D eigenvalue weighted by molar-refractivity contribution is 0.0486. The van der Waals surface area contributed by atoms with Gasteiger partial charge in [0.1, 0.15) is 5.60 Å². The number of hydrogen-bond donors (Lipinski definition) is 1. The van der Waals surface area contributed by atoms with E-state index in [2.05, 4.69) is 10.3 Å². The van der Waals surface area contributed by atoms with Crippen molar-refractivity contribution < 1.29 is 14.3 Å². The molecule has 1 amide bonds. The molecule has 0 aromatic heterocycles. The first kappa shape index (κ1) is 13.7. The molecule has 5 nitrogen and oxygen atoms in total. The summed E-state index contributed by atoms with van der Waals surface area (Å²) in [5.41, 5.74) is -0.512. The molecule has 17 heavy (non-hydrogen) atoms. The summed E-state index contributed by atoms with van der Waals surface area (Å²) in [4.78, 5) is 25.6. The van der Waals surface area contributed by atoms with Crippen LogP contribution in [0.25, 0.3) is 0 Å². The molecule has 0 bridgehead atoms. The number of amides is 1. The Morgan fingerprint density at radius 2 is 2.00 bits per heavy atom. The Hall–Kier alpha value is -1.35. The molecule has 1 saturated carbocycles. The topological polar surface area (TPSA) is 67.8 Å². The van der Waals surface area contributed by atoms with E-state index in [-0.39, 0.29) is 12.1 Å². The van der Waals surface area contributed by atoms with E-state index < -0.39 is 11.7 Å². The molecule has 96 valence electrons. The number of aliphatic imine (C=N–C) groups is 1.